The fourth-order valence-corrected chi connectivity index (χ4v) is 3.56. The van der Waals surface area contributed by atoms with Gasteiger partial charge in [-0.1, -0.05) is 18.2 Å². The highest BCUT2D eigenvalue weighted by molar-refractivity contribution is 5.94. The topological polar surface area (TPSA) is 106 Å². The number of carbonyl (C=O) groups is 1. The van der Waals surface area contributed by atoms with Gasteiger partial charge >= 0.3 is 0 Å². The number of carbonyl (C=O) groups excluding carboxylic acids is 1. The van der Waals surface area contributed by atoms with Crippen LogP contribution in [0.5, 0.6) is 5.75 Å². The second kappa shape index (κ2) is 9.04. The largest absolute Gasteiger partial charge is 0.501 e. The number of hydrogen-bond donors (Lipinski definition) is 2. The first kappa shape index (κ1) is 21.3. The van der Waals surface area contributed by atoms with Crippen molar-refractivity contribution in [1.29, 1.82) is 0 Å². The third-order valence-corrected chi connectivity index (χ3v) is 5.32. The van der Waals surface area contributed by atoms with Crippen LogP contribution in [0.15, 0.2) is 53.5 Å². The molecule has 3 aromatic rings. The van der Waals surface area contributed by atoms with Crippen LogP contribution in [0, 0.1) is 5.82 Å². The number of aromatic amines is 1. The number of H-pyrrole nitrogens is 1. The number of rotatable bonds is 5. The van der Waals surface area contributed by atoms with E-state index in [4.69, 9.17) is 0 Å². The van der Waals surface area contributed by atoms with E-state index < -0.39 is 17.2 Å². The van der Waals surface area contributed by atoms with Crippen LogP contribution in [0.2, 0.25) is 0 Å². The van der Waals surface area contributed by atoms with Crippen molar-refractivity contribution in [2.24, 2.45) is 0 Å². The standard InChI is InChI=1S/C22H23FN6O3/c1-27(14-15-5-7-16(23)8-6-15)21(32)18-19(30)20(31)26-22(25-18)29-12-10-28(11-13-29)17-4-2-3-9-24-17/h2-9,30H,10-14H2,1H3,(H,25,26,31). The van der Waals surface area contributed by atoms with Crippen molar-refractivity contribution in [3.63, 3.8) is 0 Å². The Hall–Kier alpha value is -3.95. The lowest BCUT2D eigenvalue weighted by molar-refractivity contribution is 0.0775. The average molecular weight is 438 g/mol. The molecule has 0 bridgehead atoms. The number of aromatic hydroxyl groups is 1. The Morgan fingerprint density at radius 1 is 1.12 bits per heavy atom. The lowest BCUT2D eigenvalue weighted by Gasteiger charge is -2.35. The molecule has 32 heavy (non-hydrogen) atoms. The van der Waals surface area contributed by atoms with Crippen LogP contribution in [-0.4, -0.2) is 64.1 Å². The van der Waals surface area contributed by atoms with Crippen molar-refractivity contribution in [3.8, 4) is 5.75 Å². The summed E-state index contributed by atoms with van der Waals surface area (Å²) in [5.41, 5.74) is -0.390. The summed E-state index contributed by atoms with van der Waals surface area (Å²) < 4.78 is 13.1. The minimum Gasteiger partial charge on any atom is -0.501 e. The molecule has 0 saturated carbocycles. The number of halogens is 1. The van der Waals surface area contributed by atoms with Crippen LogP contribution in [0.4, 0.5) is 16.2 Å². The van der Waals surface area contributed by atoms with Crippen LogP contribution in [0.25, 0.3) is 0 Å². The molecule has 0 atom stereocenters. The van der Waals surface area contributed by atoms with Gasteiger partial charge in [0.1, 0.15) is 11.6 Å². The first-order valence-corrected chi connectivity index (χ1v) is 10.2. The predicted molar refractivity (Wildman–Crippen MR) is 117 cm³/mol. The van der Waals surface area contributed by atoms with Gasteiger partial charge in [0.05, 0.1) is 0 Å². The maximum absolute atomic E-state index is 13.1. The van der Waals surface area contributed by atoms with Crippen LogP contribution in [-0.2, 0) is 6.54 Å². The van der Waals surface area contributed by atoms with E-state index in [1.54, 1.807) is 18.3 Å². The highest BCUT2D eigenvalue weighted by Gasteiger charge is 2.25. The molecule has 1 fully saturated rings. The summed E-state index contributed by atoms with van der Waals surface area (Å²) in [5.74, 6) is -0.600. The normalized spacial score (nSPS) is 13.8. The first-order valence-electron chi connectivity index (χ1n) is 10.2. The molecular formula is C22H23FN6O3. The van der Waals surface area contributed by atoms with Crippen molar-refractivity contribution in [1.82, 2.24) is 19.9 Å². The van der Waals surface area contributed by atoms with Gasteiger partial charge in [0.15, 0.2) is 5.69 Å². The highest BCUT2D eigenvalue weighted by Crippen LogP contribution is 2.19. The molecule has 1 saturated heterocycles. The number of aromatic nitrogens is 3. The number of pyridine rings is 1. The molecule has 1 aliphatic rings. The quantitative estimate of drug-likeness (QED) is 0.623. The molecule has 4 rings (SSSR count). The van der Waals surface area contributed by atoms with Gasteiger partial charge in [0.2, 0.25) is 11.7 Å². The van der Waals surface area contributed by atoms with Crippen LogP contribution >= 0.6 is 0 Å². The minimum absolute atomic E-state index is 0.172. The third-order valence-electron chi connectivity index (χ3n) is 5.32. The predicted octanol–water partition coefficient (Wildman–Crippen LogP) is 1.61. The Morgan fingerprint density at radius 2 is 1.81 bits per heavy atom. The Bertz CT molecular complexity index is 1140. The zero-order chi connectivity index (χ0) is 22.7. The summed E-state index contributed by atoms with van der Waals surface area (Å²) in [6.45, 7) is 2.61. The maximum Gasteiger partial charge on any atom is 0.295 e. The first-order chi connectivity index (χ1) is 15.4. The van der Waals surface area contributed by atoms with E-state index in [0.29, 0.717) is 31.7 Å². The number of hydrogen-bond acceptors (Lipinski definition) is 7. The second-order valence-electron chi connectivity index (χ2n) is 7.54. The molecule has 1 aliphatic heterocycles. The molecule has 10 heteroatoms. The monoisotopic (exact) mass is 438 g/mol. The second-order valence-corrected chi connectivity index (χ2v) is 7.54. The molecule has 1 aromatic carbocycles. The van der Waals surface area contributed by atoms with E-state index in [2.05, 4.69) is 19.9 Å². The van der Waals surface area contributed by atoms with Gasteiger partial charge in [0.25, 0.3) is 11.5 Å². The van der Waals surface area contributed by atoms with Crippen molar-refractivity contribution in [3.05, 3.63) is 76.1 Å². The third kappa shape index (κ3) is 4.53. The van der Waals surface area contributed by atoms with Crippen molar-refractivity contribution >= 4 is 17.7 Å². The summed E-state index contributed by atoms with van der Waals surface area (Å²) in [6.07, 6.45) is 1.74. The molecular weight excluding hydrogens is 415 g/mol. The maximum atomic E-state index is 13.1. The number of nitrogens with zero attached hydrogens (tertiary/aromatic N) is 5. The SMILES string of the molecule is CN(Cc1ccc(F)cc1)C(=O)c1nc(N2CCN(c3ccccn3)CC2)[nH]c(=O)c1O. The molecule has 1 amide bonds. The van der Waals surface area contributed by atoms with Crippen molar-refractivity contribution in [2.45, 2.75) is 6.54 Å². The molecule has 3 heterocycles. The van der Waals surface area contributed by atoms with E-state index in [9.17, 15) is 19.1 Å². The summed E-state index contributed by atoms with van der Waals surface area (Å²) in [4.78, 5) is 41.7. The number of piperazine rings is 1. The fourth-order valence-electron chi connectivity index (χ4n) is 3.56. The smallest absolute Gasteiger partial charge is 0.295 e. The van der Waals surface area contributed by atoms with Gasteiger partial charge in [0, 0.05) is 46.0 Å². The van der Waals surface area contributed by atoms with Gasteiger partial charge in [-0.2, -0.15) is 0 Å². The Morgan fingerprint density at radius 3 is 2.47 bits per heavy atom. The molecule has 9 nitrogen and oxygen atoms in total. The zero-order valence-corrected chi connectivity index (χ0v) is 17.5. The van der Waals surface area contributed by atoms with Gasteiger partial charge in [-0.3, -0.25) is 14.6 Å². The summed E-state index contributed by atoms with van der Waals surface area (Å²) >= 11 is 0. The van der Waals surface area contributed by atoms with Crippen molar-refractivity contribution < 1.29 is 14.3 Å². The van der Waals surface area contributed by atoms with Crippen LogP contribution in [0.1, 0.15) is 16.1 Å². The van der Waals surface area contributed by atoms with Gasteiger partial charge < -0.3 is 19.8 Å². The zero-order valence-electron chi connectivity index (χ0n) is 17.5. The molecule has 0 radical (unpaired) electrons. The summed E-state index contributed by atoms with van der Waals surface area (Å²) in [6, 6.07) is 11.5. The lowest BCUT2D eigenvalue weighted by Crippen LogP contribution is -2.48. The molecule has 0 unspecified atom stereocenters. The van der Waals surface area contributed by atoms with Gasteiger partial charge in [-0.15, -0.1) is 0 Å². The number of benzene rings is 1. The van der Waals surface area contributed by atoms with E-state index in [1.165, 1.54) is 24.1 Å². The highest BCUT2D eigenvalue weighted by atomic mass is 19.1. The van der Waals surface area contributed by atoms with Crippen LogP contribution in [0.3, 0.4) is 0 Å². The van der Waals surface area contributed by atoms with Crippen molar-refractivity contribution in [2.75, 3.05) is 43.0 Å². The molecule has 0 spiro atoms. The van der Waals surface area contributed by atoms with Gasteiger partial charge in [-0.05, 0) is 29.8 Å². The molecule has 0 aliphatic carbocycles. The Labute approximate surface area is 183 Å². The summed E-state index contributed by atoms with van der Waals surface area (Å²) in [7, 11) is 1.53. The number of nitrogens with one attached hydrogen (secondary N) is 1. The van der Waals surface area contributed by atoms with Gasteiger partial charge in [-0.25, -0.2) is 14.4 Å². The average Bonchev–Trinajstić information content (AvgIpc) is 2.82. The lowest BCUT2D eigenvalue weighted by atomic mass is 10.2. The fraction of sp³-hybridized carbons (Fsp3) is 0.273. The van der Waals surface area contributed by atoms with E-state index in [-0.39, 0.29) is 24.0 Å². The van der Waals surface area contributed by atoms with E-state index in [0.717, 1.165) is 5.82 Å². The number of amides is 1. The summed E-state index contributed by atoms with van der Waals surface area (Å²) in [5, 5.41) is 10.2. The molecule has 166 valence electrons. The molecule has 2 N–H and O–H groups in total. The number of anilines is 2. The van der Waals surface area contributed by atoms with E-state index >= 15 is 0 Å². The minimum atomic E-state index is -0.777. The molecule has 2 aromatic heterocycles. The Balaban J connectivity index is 1.49. The Kier molecular flexibility index (Phi) is 6.02. The van der Waals surface area contributed by atoms with Crippen LogP contribution < -0.4 is 15.4 Å². The van der Waals surface area contributed by atoms with E-state index in [1.807, 2.05) is 23.1 Å².